The van der Waals surface area contributed by atoms with E-state index in [1.54, 1.807) is 22.8 Å². The molecule has 4 nitrogen and oxygen atoms in total. The van der Waals surface area contributed by atoms with Crippen LogP contribution in [0.15, 0.2) is 35.1 Å². The average molecular weight is 309 g/mol. The number of hydrogen-bond acceptors (Lipinski definition) is 2. The van der Waals surface area contributed by atoms with E-state index in [2.05, 4.69) is 0 Å². The molecule has 4 rings (SSSR count). The topological polar surface area (TPSA) is 47.2 Å². The Labute approximate surface area is 124 Å². The summed E-state index contributed by atoms with van der Waals surface area (Å²) >= 11 is 11.9. The van der Waals surface area contributed by atoms with E-state index >= 15 is 0 Å². The first-order valence-corrected chi connectivity index (χ1v) is 7.03. The highest BCUT2D eigenvalue weighted by molar-refractivity contribution is 6.34. The molecule has 2 aliphatic rings. The Balaban J connectivity index is 1.99. The van der Waals surface area contributed by atoms with Gasteiger partial charge in [0.25, 0.3) is 0 Å². The molecule has 1 aliphatic carbocycles. The van der Waals surface area contributed by atoms with Crippen LogP contribution in [0.2, 0.25) is 10.0 Å². The Morgan fingerprint density at radius 2 is 1.85 bits per heavy atom. The van der Waals surface area contributed by atoms with Crippen LogP contribution >= 0.6 is 23.2 Å². The van der Waals surface area contributed by atoms with Crippen LogP contribution in [0, 0.1) is 0 Å². The summed E-state index contributed by atoms with van der Waals surface area (Å²) in [6.45, 7) is 0. The van der Waals surface area contributed by atoms with Crippen molar-refractivity contribution in [2.45, 2.75) is 18.4 Å². The van der Waals surface area contributed by atoms with Gasteiger partial charge in [-0.25, -0.2) is 9.36 Å². The van der Waals surface area contributed by atoms with Crippen molar-refractivity contribution in [1.29, 1.82) is 0 Å². The molecule has 2 aromatic rings. The Kier molecular flexibility index (Phi) is 2.38. The maximum atomic E-state index is 12.5. The van der Waals surface area contributed by atoms with Gasteiger partial charge in [0.2, 0.25) is 5.88 Å². The predicted octanol–water partition coefficient (Wildman–Crippen LogP) is 3.25. The molecule has 0 spiro atoms. The molecule has 0 radical (unpaired) electrons. The maximum absolute atomic E-state index is 12.5. The van der Waals surface area contributed by atoms with Crippen LogP contribution in [-0.2, 0) is 0 Å². The van der Waals surface area contributed by atoms with Gasteiger partial charge in [-0.1, -0.05) is 35.4 Å². The Hall–Kier alpha value is -1.65. The SMILES string of the molecule is O=c1n(-c2cc(Cl)cc(Cl)c2)c(O)c2n1[C@H]1C=C[C@@H]2C1. The Bertz CT molecular complexity index is 799. The summed E-state index contributed by atoms with van der Waals surface area (Å²) in [5.74, 6) is 0.0915. The minimum atomic E-state index is -0.257. The third-order valence-electron chi connectivity index (χ3n) is 3.95. The molecular weight excluding hydrogens is 299 g/mol. The fourth-order valence-electron chi connectivity index (χ4n) is 3.16. The molecule has 0 saturated heterocycles. The van der Waals surface area contributed by atoms with Crippen LogP contribution in [0.1, 0.15) is 24.1 Å². The fraction of sp³-hybridized carbons (Fsp3) is 0.214. The van der Waals surface area contributed by atoms with Gasteiger partial charge in [-0.2, -0.15) is 0 Å². The van der Waals surface area contributed by atoms with Crippen molar-refractivity contribution in [3.05, 3.63) is 56.6 Å². The number of aromatic hydroxyl groups is 1. The lowest BCUT2D eigenvalue weighted by molar-refractivity contribution is 0.433. The first-order valence-electron chi connectivity index (χ1n) is 6.27. The van der Waals surface area contributed by atoms with Gasteiger partial charge in [0, 0.05) is 16.0 Å². The molecule has 1 aromatic heterocycles. The summed E-state index contributed by atoms with van der Waals surface area (Å²) in [5, 5.41) is 11.3. The molecule has 6 heteroatoms. The molecule has 2 atom stereocenters. The normalized spacial score (nSPS) is 22.5. The minimum Gasteiger partial charge on any atom is -0.493 e. The number of fused-ring (bicyclic) bond motifs is 5. The fourth-order valence-corrected chi connectivity index (χ4v) is 3.68. The van der Waals surface area contributed by atoms with E-state index in [9.17, 15) is 9.90 Å². The molecule has 102 valence electrons. The van der Waals surface area contributed by atoms with Crippen molar-refractivity contribution in [2.75, 3.05) is 0 Å². The first kappa shape index (κ1) is 12.1. The molecule has 2 bridgehead atoms. The number of halogens is 2. The van der Waals surface area contributed by atoms with Crippen LogP contribution in [0.4, 0.5) is 0 Å². The monoisotopic (exact) mass is 308 g/mol. The van der Waals surface area contributed by atoms with E-state index in [1.165, 1.54) is 4.57 Å². The highest BCUT2D eigenvalue weighted by Gasteiger charge is 2.39. The zero-order chi connectivity index (χ0) is 14.0. The van der Waals surface area contributed by atoms with E-state index in [1.807, 2.05) is 12.2 Å². The van der Waals surface area contributed by atoms with Crippen molar-refractivity contribution in [2.24, 2.45) is 0 Å². The molecule has 0 amide bonds. The lowest BCUT2D eigenvalue weighted by Gasteiger charge is -2.06. The minimum absolute atomic E-state index is 0.0230. The van der Waals surface area contributed by atoms with Gasteiger partial charge in [0.15, 0.2) is 0 Å². The zero-order valence-electron chi connectivity index (χ0n) is 10.3. The second-order valence-electron chi connectivity index (χ2n) is 5.12. The zero-order valence-corrected chi connectivity index (χ0v) is 11.8. The van der Waals surface area contributed by atoms with E-state index in [4.69, 9.17) is 23.2 Å². The van der Waals surface area contributed by atoms with Gasteiger partial charge in [-0.15, -0.1) is 0 Å². The van der Waals surface area contributed by atoms with Crippen LogP contribution in [0.3, 0.4) is 0 Å². The average Bonchev–Trinajstić information content (AvgIpc) is 3.02. The van der Waals surface area contributed by atoms with Gasteiger partial charge in [0.1, 0.15) is 0 Å². The summed E-state index contributed by atoms with van der Waals surface area (Å²) in [4.78, 5) is 12.5. The van der Waals surface area contributed by atoms with Crippen LogP contribution in [-0.4, -0.2) is 14.2 Å². The summed E-state index contributed by atoms with van der Waals surface area (Å²) in [6, 6.07) is 4.85. The molecule has 0 saturated carbocycles. The van der Waals surface area contributed by atoms with Crippen molar-refractivity contribution < 1.29 is 5.11 Å². The molecule has 1 N–H and O–H groups in total. The second-order valence-corrected chi connectivity index (χ2v) is 5.99. The molecule has 1 aliphatic heterocycles. The molecule has 0 unspecified atom stereocenters. The van der Waals surface area contributed by atoms with E-state index in [-0.39, 0.29) is 23.5 Å². The van der Waals surface area contributed by atoms with Crippen LogP contribution in [0.25, 0.3) is 5.69 Å². The van der Waals surface area contributed by atoms with Crippen molar-refractivity contribution >= 4 is 23.2 Å². The summed E-state index contributed by atoms with van der Waals surface area (Å²) in [7, 11) is 0. The molecule has 1 aromatic carbocycles. The van der Waals surface area contributed by atoms with Crippen LogP contribution in [0.5, 0.6) is 5.88 Å². The van der Waals surface area contributed by atoms with Crippen LogP contribution < -0.4 is 5.69 Å². The van der Waals surface area contributed by atoms with E-state index in [0.717, 1.165) is 6.42 Å². The molecule has 2 heterocycles. The number of imidazole rings is 1. The third-order valence-corrected chi connectivity index (χ3v) is 4.38. The number of allylic oxidation sites excluding steroid dienone is 2. The van der Waals surface area contributed by atoms with E-state index in [0.29, 0.717) is 21.4 Å². The van der Waals surface area contributed by atoms with Gasteiger partial charge >= 0.3 is 5.69 Å². The number of nitrogens with zero attached hydrogens (tertiary/aromatic N) is 2. The molecule has 0 fully saturated rings. The van der Waals surface area contributed by atoms with Gasteiger partial charge < -0.3 is 5.11 Å². The summed E-state index contributed by atoms with van der Waals surface area (Å²) < 4.78 is 2.91. The second kappa shape index (κ2) is 3.93. The summed E-state index contributed by atoms with van der Waals surface area (Å²) in [6.07, 6.45) is 4.90. The first-order chi connectivity index (χ1) is 9.56. The highest BCUT2D eigenvalue weighted by atomic mass is 35.5. The Morgan fingerprint density at radius 3 is 2.50 bits per heavy atom. The lowest BCUT2D eigenvalue weighted by atomic mass is 10.1. The highest BCUT2D eigenvalue weighted by Crippen LogP contribution is 2.46. The quantitative estimate of drug-likeness (QED) is 0.822. The van der Waals surface area contributed by atoms with Gasteiger partial charge in [0.05, 0.1) is 17.4 Å². The number of rotatable bonds is 1. The van der Waals surface area contributed by atoms with Crippen molar-refractivity contribution in [1.82, 2.24) is 9.13 Å². The van der Waals surface area contributed by atoms with E-state index < -0.39 is 0 Å². The van der Waals surface area contributed by atoms with Crippen molar-refractivity contribution in [3.63, 3.8) is 0 Å². The number of aromatic nitrogens is 2. The molecular formula is C14H10Cl2N2O2. The largest absolute Gasteiger partial charge is 0.493 e. The third kappa shape index (κ3) is 1.46. The van der Waals surface area contributed by atoms with Crippen molar-refractivity contribution in [3.8, 4) is 11.6 Å². The molecule has 20 heavy (non-hydrogen) atoms. The number of benzene rings is 1. The summed E-state index contributed by atoms with van der Waals surface area (Å²) in [5.41, 5.74) is 0.901. The standard InChI is InChI=1S/C14H10Cl2N2O2/c15-8-4-9(16)6-11(5-8)18-13(19)12-7-1-2-10(3-7)17(12)14(18)20/h1-2,4-7,10,19H,3H2/t7-,10+/m1/s1. The predicted molar refractivity (Wildman–Crippen MR) is 77.2 cm³/mol. The lowest BCUT2D eigenvalue weighted by Crippen LogP contribution is -2.24. The Morgan fingerprint density at radius 1 is 1.15 bits per heavy atom. The maximum Gasteiger partial charge on any atom is 0.336 e. The smallest absolute Gasteiger partial charge is 0.336 e. The number of hydrogen-bond donors (Lipinski definition) is 1. The van der Waals surface area contributed by atoms with Gasteiger partial charge in [-0.05, 0) is 24.6 Å². The van der Waals surface area contributed by atoms with Gasteiger partial charge in [-0.3, -0.25) is 4.57 Å².